The number of rotatable bonds is 5. The van der Waals surface area contributed by atoms with Gasteiger partial charge in [0, 0.05) is 0 Å². The first-order chi connectivity index (χ1) is 17.3. The van der Waals surface area contributed by atoms with E-state index in [0.717, 1.165) is 18.2 Å². The van der Waals surface area contributed by atoms with Crippen LogP contribution in [0.15, 0.2) is 29.3 Å². The van der Waals surface area contributed by atoms with Crippen molar-refractivity contribution >= 4 is 33.0 Å². The minimum absolute atomic E-state index is 0.0236. The maximum atomic E-state index is 14.2. The van der Waals surface area contributed by atoms with Crippen molar-refractivity contribution in [2.75, 3.05) is 6.61 Å². The molecular weight excluding hydrogens is 576 g/mol. The van der Waals surface area contributed by atoms with Crippen LogP contribution in [-0.4, -0.2) is 69.1 Å². The van der Waals surface area contributed by atoms with Gasteiger partial charge in [0.15, 0.2) is 28.7 Å². The molecule has 0 radical (unpaired) electrons. The molecule has 1 fully saturated rings. The van der Waals surface area contributed by atoms with Crippen molar-refractivity contribution < 1.29 is 50.4 Å². The highest BCUT2D eigenvalue weighted by Gasteiger charge is 2.51. The van der Waals surface area contributed by atoms with Gasteiger partial charge in [-0.25, -0.2) is 35.1 Å². The van der Waals surface area contributed by atoms with Crippen molar-refractivity contribution in [1.29, 1.82) is 0 Å². The second-order valence-electron chi connectivity index (χ2n) is 7.85. The highest BCUT2D eigenvalue weighted by Crippen LogP contribution is 2.37. The first-order valence-corrected chi connectivity index (χ1v) is 12.4. The summed E-state index contributed by atoms with van der Waals surface area (Å²) >= 11 is 11.7. The van der Waals surface area contributed by atoms with Gasteiger partial charge in [-0.05, 0) is 18.2 Å². The Morgan fingerprint density at radius 1 is 0.946 bits per heavy atom. The first-order valence-electron chi connectivity index (χ1n) is 10.1. The predicted octanol–water partition coefficient (Wildman–Crippen LogP) is 2.40. The third kappa shape index (κ3) is 4.58. The Morgan fingerprint density at radius 3 is 2.11 bits per heavy atom. The second kappa shape index (κ2) is 10.1. The number of hydrogen-bond donors (Lipinski definition) is 3. The smallest absolute Gasteiger partial charge is 0.207 e. The molecule has 0 aliphatic carbocycles. The third-order valence-corrected chi connectivity index (χ3v) is 8.31. The average Bonchev–Trinajstić information content (AvgIpc) is 3.32. The lowest BCUT2D eigenvalue weighted by Crippen LogP contribution is -2.58. The van der Waals surface area contributed by atoms with Crippen molar-refractivity contribution in [3.05, 3.63) is 63.5 Å². The van der Waals surface area contributed by atoms with E-state index in [9.17, 15) is 45.7 Å². The molecule has 9 nitrogen and oxygen atoms in total. The predicted molar refractivity (Wildman–Crippen MR) is 116 cm³/mol. The summed E-state index contributed by atoms with van der Waals surface area (Å²) in [7, 11) is -4.59. The molecule has 3 aromatic rings. The maximum Gasteiger partial charge on any atom is 0.207 e. The highest BCUT2D eigenvalue weighted by atomic mass is 35.5. The molecule has 1 aromatic heterocycles. The molecule has 17 heteroatoms. The van der Waals surface area contributed by atoms with E-state index < -0.39 is 91.5 Å². The van der Waals surface area contributed by atoms with Crippen molar-refractivity contribution in [3.63, 3.8) is 0 Å². The second-order valence-corrected chi connectivity index (χ2v) is 10.7. The lowest BCUT2D eigenvalue weighted by atomic mass is 9.97. The first kappa shape index (κ1) is 27.6. The fourth-order valence-electron chi connectivity index (χ4n) is 3.79. The summed E-state index contributed by atoms with van der Waals surface area (Å²) in [6.07, 6.45) is -5.02. The molecule has 1 aliphatic heterocycles. The van der Waals surface area contributed by atoms with E-state index in [1.807, 2.05) is 0 Å². The van der Waals surface area contributed by atoms with Crippen LogP contribution in [0.1, 0.15) is 6.04 Å². The van der Waals surface area contributed by atoms with Crippen molar-refractivity contribution in [2.45, 2.75) is 34.7 Å². The maximum absolute atomic E-state index is 14.2. The number of aliphatic hydroxyl groups is 3. The standard InChI is InChI=1S/C20H14Cl2F5N3O6S/c21-7-2-1-6(3-8(7)22)37(34,35)20-19(33)17(18(32)10(5-31)36-20)30-4-9(28-29-30)11-12(23)14(25)16(27)15(26)13(11)24/h1-4,10,17-20,31-33H,5H2/t10?,17-,18-,19?,20+/m0/s1. The van der Waals surface area contributed by atoms with E-state index >= 15 is 0 Å². The monoisotopic (exact) mass is 589 g/mol. The molecule has 1 saturated heterocycles. The molecule has 4 rings (SSSR count). The summed E-state index contributed by atoms with van der Waals surface area (Å²) in [6.45, 7) is -0.947. The van der Waals surface area contributed by atoms with Crippen LogP contribution in [0, 0.1) is 29.1 Å². The van der Waals surface area contributed by atoms with E-state index in [4.69, 9.17) is 27.9 Å². The quantitative estimate of drug-likeness (QED) is 0.235. The Balaban J connectivity index is 1.78. The molecule has 1 aliphatic rings. The molecule has 200 valence electrons. The molecule has 3 N–H and O–H groups in total. The Kier molecular flexibility index (Phi) is 7.51. The van der Waals surface area contributed by atoms with Gasteiger partial charge >= 0.3 is 0 Å². The minimum Gasteiger partial charge on any atom is -0.394 e. The van der Waals surface area contributed by atoms with Gasteiger partial charge in [-0.1, -0.05) is 28.4 Å². The number of benzene rings is 2. The van der Waals surface area contributed by atoms with Crippen molar-refractivity contribution in [3.8, 4) is 11.3 Å². The molecule has 37 heavy (non-hydrogen) atoms. The summed E-state index contributed by atoms with van der Waals surface area (Å²) in [4.78, 5) is -0.446. The van der Waals surface area contributed by atoms with Gasteiger partial charge in [0.2, 0.25) is 15.7 Å². The van der Waals surface area contributed by atoms with Crippen LogP contribution in [-0.2, 0) is 14.6 Å². The lowest BCUT2D eigenvalue weighted by molar-refractivity contribution is -0.180. The zero-order valence-corrected chi connectivity index (χ0v) is 20.2. The molecular formula is C20H14Cl2F5N3O6S. The van der Waals surface area contributed by atoms with Crippen LogP contribution in [0.2, 0.25) is 10.0 Å². The third-order valence-electron chi connectivity index (χ3n) is 5.66. The zero-order valence-electron chi connectivity index (χ0n) is 17.9. The molecule has 5 atom stereocenters. The molecule has 0 saturated carbocycles. The fraction of sp³-hybridized carbons (Fsp3) is 0.300. The normalized spacial score (nSPS) is 24.4. The van der Waals surface area contributed by atoms with Crippen molar-refractivity contribution in [2.24, 2.45) is 0 Å². The number of ether oxygens (including phenoxy) is 1. The summed E-state index contributed by atoms with van der Waals surface area (Å²) < 4.78 is 101. The molecule has 0 amide bonds. The summed E-state index contributed by atoms with van der Waals surface area (Å²) in [6, 6.07) is 1.41. The number of aliphatic hydroxyl groups excluding tert-OH is 3. The van der Waals surface area contributed by atoms with Gasteiger partial charge in [0.1, 0.15) is 30.0 Å². The molecule has 2 heterocycles. The Bertz CT molecular complexity index is 1450. The number of sulfone groups is 1. The number of nitrogens with zero attached hydrogens (tertiary/aromatic N) is 3. The Morgan fingerprint density at radius 2 is 1.54 bits per heavy atom. The molecule has 2 unspecified atom stereocenters. The van der Waals surface area contributed by atoms with Crippen LogP contribution >= 0.6 is 23.2 Å². The van der Waals surface area contributed by atoms with Gasteiger partial charge in [0.25, 0.3) is 0 Å². The van der Waals surface area contributed by atoms with E-state index in [0.29, 0.717) is 10.9 Å². The molecule has 0 spiro atoms. The van der Waals surface area contributed by atoms with Crippen molar-refractivity contribution in [1.82, 2.24) is 15.0 Å². The average molecular weight is 590 g/mol. The largest absolute Gasteiger partial charge is 0.394 e. The summed E-state index contributed by atoms with van der Waals surface area (Å²) in [5.74, 6) is -11.3. The number of aromatic nitrogens is 3. The van der Waals surface area contributed by atoms with Crippen LogP contribution in [0.4, 0.5) is 22.0 Å². The van der Waals surface area contributed by atoms with Crippen LogP contribution < -0.4 is 0 Å². The molecule has 2 aromatic carbocycles. The fourth-order valence-corrected chi connectivity index (χ4v) is 5.78. The summed E-state index contributed by atoms with van der Waals surface area (Å²) in [5, 5.41) is 37.8. The minimum atomic E-state index is -4.59. The number of halogens is 7. The van der Waals surface area contributed by atoms with Gasteiger partial charge in [0.05, 0.1) is 33.3 Å². The Labute approximate surface area is 214 Å². The molecule has 0 bridgehead atoms. The lowest BCUT2D eigenvalue weighted by Gasteiger charge is -2.41. The van der Waals surface area contributed by atoms with Gasteiger partial charge in [-0.3, -0.25) is 0 Å². The van der Waals surface area contributed by atoms with E-state index in [-0.39, 0.29) is 10.0 Å². The SMILES string of the molecule is O=S(=O)(c1ccc(Cl)c(Cl)c1)[C@H]1OC(CO)[C@H](O)[C@H](n2cc(-c3c(F)c(F)c(F)c(F)c3F)nn2)C1O. The van der Waals surface area contributed by atoms with E-state index in [1.165, 1.54) is 0 Å². The number of hydrogen-bond acceptors (Lipinski definition) is 8. The van der Waals surface area contributed by atoms with Gasteiger partial charge in [-0.15, -0.1) is 5.10 Å². The van der Waals surface area contributed by atoms with E-state index in [2.05, 4.69) is 10.3 Å². The zero-order chi connectivity index (χ0) is 27.4. The van der Waals surface area contributed by atoms with Gasteiger partial charge < -0.3 is 20.1 Å². The summed E-state index contributed by atoms with van der Waals surface area (Å²) in [5.41, 5.74) is -4.47. The van der Waals surface area contributed by atoms with Crippen LogP contribution in [0.5, 0.6) is 0 Å². The Hall–Kier alpha value is -2.40. The highest BCUT2D eigenvalue weighted by molar-refractivity contribution is 7.92. The topological polar surface area (TPSA) is 135 Å². The van der Waals surface area contributed by atoms with Crippen LogP contribution in [0.3, 0.4) is 0 Å². The van der Waals surface area contributed by atoms with E-state index in [1.54, 1.807) is 0 Å². The van der Waals surface area contributed by atoms with Gasteiger partial charge in [-0.2, -0.15) is 0 Å². The van der Waals surface area contributed by atoms with Crippen LogP contribution in [0.25, 0.3) is 11.3 Å².